The molecule has 0 aromatic rings. The molecule has 0 rings (SSSR count). The van der Waals surface area contributed by atoms with Gasteiger partial charge in [-0.2, -0.15) is 0 Å². The van der Waals surface area contributed by atoms with Crippen LogP contribution in [-0.2, 0) is 7.48 Å². The van der Waals surface area contributed by atoms with Crippen LogP contribution in [0.15, 0.2) is 0 Å². The molecule has 0 bridgehead atoms. The van der Waals surface area contributed by atoms with E-state index in [9.17, 15) is 7.48 Å². The Kier molecular flexibility index (Phi) is 2.82. The minimum absolute atomic E-state index is 1.25. The molecule has 0 aliphatic rings. The van der Waals surface area contributed by atoms with Crippen molar-refractivity contribution in [3.05, 3.63) is 0 Å². The second-order valence-electron chi connectivity index (χ2n) is 1.47. The first-order valence-corrected chi connectivity index (χ1v) is 9.34. The third-order valence-electron chi connectivity index (χ3n) is 0.368. The molecule has 9 heavy (non-hydrogen) atoms. The van der Waals surface area contributed by atoms with Gasteiger partial charge in [0.2, 0.25) is 0 Å². The summed E-state index contributed by atoms with van der Waals surface area (Å²) in [6.07, 6.45) is 0. The minimum atomic E-state index is -5.08. The Morgan fingerprint density at radius 1 is 0.889 bits per heavy atom. The van der Waals surface area contributed by atoms with E-state index in [0.29, 0.717) is 0 Å². The second-order valence-corrected chi connectivity index (χ2v) is 10.7. The molecule has 0 saturated heterocycles. The maximum atomic E-state index is 9.93. The molecule has 0 fully saturated rings. The van der Waals surface area contributed by atoms with E-state index in [-0.39, 0.29) is 0 Å². The average molecular weight is 264 g/mol. The van der Waals surface area contributed by atoms with Crippen LogP contribution in [0.2, 0.25) is 4.00 Å². The number of hydrogen-bond donors (Lipinski definition) is 4. The Morgan fingerprint density at radius 3 is 1.11 bits per heavy atom. The van der Waals surface area contributed by atoms with Gasteiger partial charge in [-0.25, -0.2) is 0 Å². The van der Waals surface area contributed by atoms with Crippen LogP contribution in [0.4, 0.5) is 0 Å². The predicted octanol–water partition coefficient (Wildman–Crippen LogP) is -2.77. The first kappa shape index (κ1) is 9.56. The summed E-state index contributed by atoms with van der Waals surface area (Å²) in [4.78, 5) is 0. The fourth-order valence-corrected chi connectivity index (χ4v) is 6.48. The van der Waals surface area contributed by atoms with Gasteiger partial charge in [0.05, 0.1) is 0 Å². The van der Waals surface area contributed by atoms with Crippen LogP contribution in [0.1, 0.15) is 0 Å². The summed E-state index contributed by atoms with van der Waals surface area (Å²) < 4.78 is 50.8. The zero-order valence-electron chi connectivity index (χ0n) is 4.21. The second kappa shape index (κ2) is 2.66. The van der Waals surface area contributed by atoms with Crippen LogP contribution < -0.4 is 0 Å². The molecule has 0 heterocycles. The topological polar surface area (TPSA) is 115 Å². The zero-order chi connectivity index (χ0) is 7.71. The van der Waals surface area contributed by atoms with Crippen molar-refractivity contribution in [2.75, 3.05) is 0 Å². The summed E-state index contributed by atoms with van der Waals surface area (Å²) in [5, 5.41) is 0. The third-order valence-corrected chi connectivity index (χ3v) is 9.95. The van der Waals surface area contributed by atoms with Crippen molar-refractivity contribution in [3.63, 3.8) is 0 Å². The van der Waals surface area contributed by atoms with Crippen molar-refractivity contribution in [1.29, 1.82) is 0 Å². The van der Waals surface area contributed by atoms with Crippen LogP contribution in [0.5, 0.6) is 0 Å². The van der Waals surface area contributed by atoms with Gasteiger partial charge in [-0.15, -0.1) is 0 Å². The van der Waals surface area contributed by atoms with E-state index in [2.05, 4.69) is 0 Å². The van der Waals surface area contributed by atoms with Crippen LogP contribution in [0, 0.1) is 0 Å². The molecular formula is CH6As2O6. The number of hydrogen-bond acceptors (Lipinski definition) is 2. The quantitative estimate of drug-likeness (QED) is 0.401. The molecule has 0 saturated carbocycles. The van der Waals surface area contributed by atoms with Gasteiger partial charge in [0.25, 0.3) is 0 Å². The first-order chi connectivity index (χ1) is 3.71. The van der Waals surface area contributed by atoms with Gasteiger partial charge in [-0.1, -0.05) is 0 Å². The molecular weight excluding hydrogens is 258 g/mol. The van der Waals surface area contributed by atoms with E-state index in [1.54, 1.807) is 0 Å². The monoisotopic (exact) mass is 264 g/mol. The van der Waals surface area contributed by atoms with Crippen LogP contribution in [0.25, 0.3) is 0 Å². The molecule has 0 radical (unpaired) electrons. The van der Waals surface area contributed by atoms with Crippen molar-refractivity contribution in [1.82, 2.24) is 0 Å². The molecule has 0 atom stereocenters. The Hall–Kier alpha value is 0.557. The normalized spacial score (nSPS) is 13.8. The molecule has 0 spiro atoms. The Labute approximate surface area is 56.5 Å². The van der Waals surface area contributed by atoms with Gasteiger partial charge in [-0.3, -0.25) is 0 Å². The molecule has 4 N–H and O–H groups in total. The Bertz CT molecular complexity index is 151. The molecule has 0 amide bonds. The van der Waals surface area contributed by atoms with Crippen molar-refractivity contribution in [3.8, 4) is 0 Å². The molecule has 0 aromatic carbocycles. The SMILES string of the molecule is O=[As](O)(O)C[As](=O)(O)O. The van der Waals surface area contributed by atoms with E-state index in [4.69, 9.17) is 16.4 Å². The van der Waals surface area contributed by atoms with Gasteiger partial charge in [0, 0.05) is 0 Å². The van der Waals surface area contributed by atoms with Crippen molar-refractivity contribution < 1.29 is 23.9 Å². The molecule has 8 heteroatoms. The van der Waals surface area contributed by atoms with Gasteiger partial charge in [0.1, 0.15) is 0 Å². The molecule has 0 aromatic heterocycles. The van der Waals surface area contributed by atoms with Gasteiger partial charge in [0.15, 0.2) is 0 Å². The Balaban J connectivity index is 4.07. The Morgan fingerprint density at radius 2 is 1.11 bits per heavy atom. The van der Waals surface area contributed by atoms with Crippen LogP contribution in [0.3, 0.4) is 0 Å². The van der Waals surface area contributed by atoms with Crippen molar-refractivity contribution in [2.45, 2.75) is 4.00 Å². The van der Waals surface area contributed by atoms with Crippen LogP contribution >= 0.6 is 0 Å². The number of rotatable bonds is 2. The molecule has 0 unspecified atom stereocenters. The van der Waals surface area contributed by atoms with E-state index >= 15 is 0 Å². The van der Waals surface area contributed by atoms with E-state index in [1.807, 2.05) is 0 Å². The maximum absolute atomic E-state index is 9.93. The van der Waals surface area contributed by atoms with Crippen LogP contribution in [-0.4, -0.2) is 44.7 Å². The van der Waals surface area contributed by atoms with Gasteiger partial charge in [-0.05, 0) is 0 Å². The summed E-state index contributed by atoms with van der Waals surface area (Å²) in [5.41, 5.74) is 0. The van der Waals surface area contributed by atoms with Crippen molar-refractivity contribution >= 4 is 28.3 Å². The molecule has 0 aliphatic carbocycles. The summed E-state index contributed by atoms with van der Waals surface area (Å²) in [6, 6.07) is 0. The van der Waals surface area contributed by atoms with Gasteiger partial charge >= 0.3 is 56.2 Å². The fraction of sp³-hybridized carbons (Fsp3) is 1.00. The van der Waals surface area contributed by atoms with Gasteiger partial charge < -0.3 is 0 Å². The fourth-order valence-electron chi connectivity index (χ4n) is 0.240. The molecule has 56 valence electrons. The zero-order valence-corrected chi connectivity index (χ0v) is 7.96. The summed E-state index contributed by atoms with van der Waals surface area (Å²) in [6.45, 7) is 0. The summed E-state index contributed by atoms with van der Waals surface area (Å²) in [5.74, 6) is 0. The standard InChI is InChI=1S/CH6As2O6/c4-2(5,6)1-3(7,8)9/h1H2,(H2,4,5,6)(H2,7,8,9). The average Bonchev–Trinajstić information content (AvgIpc) is 1.14. The summed E-state index contributed by atoms with van der Waals surface area (Å²) in [7, 11) is 0. The predicted molar refractivity (Wildman–Crippen MR) is 26.6 cm³/mol. The van der Waals surface area contributed by atoms with E-state index < -0.39 is 32.3 Å². The third kappa shape index (κ3) is 8.56. The molecule has 6 nitrogen and oxygen atoms in total. The van der Waals surface area contributed by atoms with E-state index in [1.165, 1.54) is 0 Å². The van der Waals surface area contributed by atoms with Crippen molar-refractivity contribution in [2.24, 2.45) is 0 Å². The molecule has 0 aliphatic heterocycles. The van der Waals surface area contributed by atoms with E-state index in [0.717, 1.165) is 0 Å². The first-order valence-electron chi connectivity index (χ1n) is 1.80. The summed E-state index contributed by atoms with van der Waals surface area (Å²) >= 11 is -10.2.